The van der Waals surface area contributed by atoms with Gasteiger partial charge in [-0.2, -0.15) is 0 Å². The van der Waals surface area contributed by atoms with E-state index in [1.54, 1.807) is 42.5 Å². The van der Waals surface area contributed by atoms with Crippen molar-refractivity contribution in [2.45, 2.75) is 51.3 Å². The molecule has 3 aromatic carbocycles. The van der Waals surface area contributed by atoms with E-state index >= 15 is 0 Å². The van der Waals surface area contributed by atoms with Crippen molar-refractivity contribution < 1.29 is 17.9 Å². The molecule has 0 saturated heterocycles. The number of amides is 1. The Balaban J connectivity index is 1.54. The van der Waals surface area contributed by atoms with E-state index in [4.69, 9.17) is 27.9 Å². The topological polar surface area (TPSA) is 75.7 Å². The lowest BCUT2D eigenvalue weighted by molar-refractivity contribution is 0.0227. The highest BCUT2D eigenvalue weighted by Crippen LogP contribution is 2.42. The standard InChI is InChI=1S/C28H30Cl2N2O4S/c1-4-28(5-2)17-23(21-9-6-7-12-25(21)36-28)31-27(33)20-15-13-19(14-16-20)18-32(37(3,34)35)24-11-8-10-22(29)26(24)30/h6-16,23H,4-5,17-18H2,1-3H3,(H,31,33)/t23-/m0/s1. The Hall–Kier alpha value is -2.74. The maximum absolute atomic E-state index is 13.2. The minimum Gasteiger partial charge on any atom is -0.487 e. The second kappa shape index (κ2) is 10.9. The van der Waals surface area contributed by atoms with Gasteiger partial charge in [0.25, 0.3) is 5.91 Å². The van der Waals surface area contributed by atoms with Gasteiger partial charge in [0.05, 0.1) is 34.6 Å². The molecule has 6 nitrogen and oxygen atoms in total. The van der Waals surface area contributed by atoms with Crippen LogP contribution in [0, 0.1) is 0 Å². The molecule has 1 N–H and O–H groups in total. The minimum absolute atomic E-state index is 0.0453. The van der Waals surface area contributed by atoms with Crippen LogP contribution in [-0.4, -0.2) is 26.2 Å². The number of ether oxygens (including phenoxy) is 1. The van der Waals surface area contributed by atoms with Crippen molar-refractivity contribution in [1.82, 2.24) is 5.32 Å². The number of hydrogen-bond acceptors (Lipinski definition) is 4. The van der Waals surface area contributed by atoms with Crippen molar-refractivity contribution in [3.63, 3.8) is 0 Å². The van der Waals surface area contributed by atoms with E-state index in [-0.39, 0.29) is 34.1 Å². The highest BCUT2D eigenvalue weighted by atomic mass is 35.5. The number of carbonyl (C=O) groups is 1. The second-order valence-corrected chi connectivity index (χ2v) is 12.0. The van der Waals surface area contributed by atoms with Crippen molar-refractivity contribution >= 4 is 44.8 Å². The van der Waals surface area contributed by atoms with Crippen LogP contribution in [0.15, 0.2) is 66.7 Å². The lowest BCUT2D eigenvalue weighted by Gasteiger charge is -2.41. The summed E-state index contributed by atoms with van der Waals surface area (Å²) in [4.78, 5) is 13.2. The number of anilines is 1. The molecule has 0 spiro atoms. The molecule has 4 rings (SSSR count). The van der Waals surface area contributed by atoms with E-state index in [9.17, 15) is 13.2 Å². The van der Waals surface area contributed by atoms with Crippen LogP contribution < -0.4 is 14.4 Å². The smallest absolute Gasteiger partial charge is 0.251 e. The summed E-state index contributed by atoms with van der Waals surface area (Å²) in [6.45, 7) is 4.25. The third-order valence-corrected chi connectivity index (χ3v) is 8.87. The summed E-state index contributed by atoms with van der Waals surface area (Å²) in [5.41, 5.74) is 2.12. The molecule has 1 atom stereocenters. The van der Waals surface area contributed by atoms with Crippen LogP contribution in [0.1, 0.15) is 60.6 Å². The molecule has 0 aromatic heterocycles. The number of nitrogens with zero attached hydrogens (tertiary/aromatic N) is 1. The zero-order chi connectivity index (χ0) is 26.8. The van der Waals surface area contributed by atoms with Crippen molar-refractivity contribution in [2.75, 3.05) is 10.6 Å². The molecule has 1 aliphatic rings. The third kappa shape index (κ3) is 5.89. The molecule has 1 heterocycles. The average molecular weight is 562 g/mol. The van der Waals surface area contributed by atoms with Crippen LogP contribution in [-0.2, 0) is 16.6 Å². The maximum Gasteiger partial charge on any atom is 0.251 e. The summed E-state index contributed by atoms with van der Waals surface area (Å²) in [5.74, 6) is 0.603. The molecule has 1 aliphatic heterocycles. The van der Waals surface area contributed by atoms with E-state index < -0.39 is 10.0 Å². The van der Waals surface area contributed by atoms with Gasteiger partial charge in [-0.1, -0.05) is 73.4 Å². The number of sulfonamides is 1. The van der Waals surface area contributed by atoms with Gasteiger partial charge >= 0.3 is 0 Å². The third-order valence-electron chi connectivity index (χ3n) is 6.93. The number of para-hydroxylation sites is 1. The zero-order valence-electron chi connectivity index (χ0n) is 21.0. The normalized spacial score (nSPS) is 16.4. The predicted molar refractivity (Wildman–Crippen MR) is 149 cm³/mol. The number of benzene rings is 3. The molecule has 37 heavy (non-hydrogen) atoms. The summed E-state index contributed by atoms with van der Waals surface area (Å²) >= 11 is 12.4. The van der Waals surface area contributed by atoms with Gasteiger partial charge in [-0.3, -0.25) is 9.10 Å². The van der Waals surface area contributed by atoms with E-state index in [1.807, 2.05) is 24.3 Å². The molecular weight excluding hydrogens is 531 g/mol. The Kier molecular flexibility index (Phi) is 8.07. The fourth-order valence-corrected chi connectivity index (χ4v) is 6.01. The van der Waals surface area contributed by atoms with Gasteiger partial charge in [0.1, 0.15) is 11.4 Å². The van der Waals surface area contributed by atoms with Gasteiger partial charge in [0, 0.05) is 17.5 Å². The minimum atomic E-state index is -3.65. The average Bonchev–Trinajstić information content (AvgIpc) is 2.88. The van der Waals surface area contributed by atoms with E-state index in [0.29, 0.717) is 23.2 Å². The van der Waals surface area contributed by atoms with Gasteiger partial charge in [0.15, 0.2) is 0 Å². The van der Waals surface area contributed by atoms with Crippen molar-refractivity contribution in [3.8, 4) is 5.75 Å². The predicted octanol–water partition coefficient (Wildman–Crippen LogP) is 6.77. The number of halogens is 2. The van der Waals surface area contributed by atoms with Gasteiger partial charge in [-0.05, 0) is 48.7 Å². The fourth-order valence-electron chi connectivity index (χ4n) is 4.67. The lowest BCUT2D eigenvalue weighted by atomic mass is 9.83. The zero-order valence-corrected chi connectivity index (χ0v) is 23.3. The lowest BCUT2D eigenvalue weighted by Crippen LogP contribution is -2.44. The molecule has 0 bridgehead atoms. The highest BCUT2D eigenvalue weighted by molar-refractivity contribution is 7.92. The highest BCUT2D eigenvalue weighted by Gasteiger charge is 2.39. The molecule has 1 amide bonds. The Morgan fingerprint density at radius 1 is 1.03 bits per heavy atom. The summed E-state index contributed by atoms with van der Waals surface area (Å²) in [7, 11) is -3.65. The Bertz CT molecular complexity index is 1390. The van der Waals surface area contributed by atoms with Gasteiger partial charge in [-0.25, -0.2) is 8.42 Å². The van der Waals surface area contributed by atoms with Crippen molar-refractivity contribution in [1.29, 1.82) is 0 Å². The number of rotatable bonds is 8. The summed E-state index contributed by atoms with van der Waals surface area (Å²) < 4.78 is 32.6. The number of hydrogen-bond donors (Lipinski definition) is 1. The fraction of sp³-hybridized carbons (Fsp3) is 0.321. The largest absolute Gasteiger partial charge is 0.487 e. The summed E-state index contributed by atoms with van der Waals surface area (Å²) in [6.07, 6.45) is 3.48. The van der Waals surface area contributed by atoms with Crippen LogP contribution in [0.25, 0.3) is 0 Å². The molecule has 0 unspecified atom stereocenters. The van der Waals surface area contributed by atoms with Crippen LogP contribution in [0.3, 0.4) is 0 Å². The molecule has 0 fully saturated rings. The molecule has 9 heteroatoms. The van der Waals surface area contributed by atoms with Crippen LogP contribution >= 0.6 is 23.2 Å². The first-order chi connectivity index (χ1) is 17.6. The Morgan fingerprint density at radius 2 is 1.70 bits per heavy atom. The molecule has 3 aromatic rings. The number of fused-ring (bicyclic) bond motifs is 1. The van der Waals surface area contributed by atoms with Crippen LogP contribution in [0.5, 0.6) is 5.75 Å². The van der Waals surface area contributed by atoms with Gasteiger partial charge in [-0.15, -0.1) is 0 Å². The van der Waals surface area contributed by atoms with E-state index in [2.05, 4.69) is 19.2 Å². The summed E-state index contributed by atoms with van der Waals surface area (Å²) in [5, 5.41) is 3.61. The first-order valence-corrected chi connectivity index (χ1v) is 14.8. The van der Waals surface area contributed by atoms with Crippen molar-refractivity contribution in [2.24, 2.45) is 0 Å². The van der Waals surface area contributed by atoms with Gasteiger partial charge in [0.2, 0.25) is 10.0 Å². The molecule has 0 radical (unpaired) electrons. The van der Waals surface area contributed by atoms with E-state index in [1.165, 1.54) is 4.31 Å². The first-order valence-electron chi connectivity index (χ1n) is 12.2. The maximum atomic E-state index is 13.2. The van der Waals surface area contributed by atoms with Crippen LogP contribution in [0.2, 0.25) is 10.0 Å². The second-order valence-electron chi connectivity index (χ2n) is 9.30. The first kappa shape index (κ1) is 27.3. The number of nitrogens with one attached hydrogen (secondary N) is 1. The Labute approximate surface area is 228 Å². The molecule has 0 aliphatic carbocycles. The molecule has 0 saturated carbocycles. The quantitative estimate of drug-likeness (QED) is 0.329. The van der Waals surface area contributed by atoms with Gasteiger partial charge < -0.3 is 10.1 Å². The number of carbonyl (C=O) groups excluding carboxylic acids is 1. The monoisotopic (exact) mass is 560 g/mol. The molecule has 196 valence electrons. The Morgan fingerprint density at radius 3 is 2.35 bits per heavy atom. The SMILES string of the molecule is CCC1(CC)C[C@H](NC(=O)c2ccc(CN(c3cccc(Cl)c3Cl)S(C)(=O)=O)cc2)c2ccccc2O1. The summed E-state index contributed by atoms with van der Waals surface area (Å²) in [6, 6.07) is 19.4. The van der Waals surface area contributed by atoms with Crippen molar-refractivity contribution in [3.05, 3.63) is 93.5 Å². The van der Waals surface area contributed by atoms with Crippen LogP contribution in [0.4, 0.5) is 5.69 Å². The molecular formula is C28H30Cl2N2O4S. The van der Waals surface area contributed by atoms with E-state index in [0.717, 1.165) is 30.4 Å².